The number of hydrogen-bond donors (Lipinski definition) is 2. The summed E-state index contributed by atoms with van der Waals surface area (Å²) in [5.41, 5.74) is -0.563. The van der Waals surface area contributed by atoms with Gasteiger partial charge in [-0.15, -0.1) is 0 Å². The summed E-state index contributed by atoms with van der Waals surface area (Å²) in [4.78, 5) is 24.1. The number of carboxylic acids is 1. The third-order valence-electron chi connectivity index (χ3n) is 3.17. The molecule has 0 aliphatic carbocycles. The van der Waals surface area contributed by atoms with Gasteiger partial charge >= 0.3 is 12.0 Å². The first-order valence-corrected chi connectivity index (χ1v) is 5.81. The predicted octanol–water partition coefficient (Wildman–Crippen LogP) is 1.54. The summed E-state index contributed by atoms with van der Waals surface area (Å²) >= 11 is 0. The quantitative estimate of drug-likeness (QED) is 0.812. The Morgan fingerprint density at radius 2 is 2.11 bits per heavy atom. The molecule has 1 aliphatic rings. The Balaban J connectivity index is 2.78. The van der Waals surface area contributed by atoms with Crippen LogP contribution in [0.3, 0.4) is 0 Å². The van der Waals surface area contributed by atoms with E-state index in [4.69, 9.17) is 0 Å². The molecule has 18 heavy (non-hydrogen) atoms. The average Bonchev–Trinajstić information content (AvgIpc) is 2.23. The minimum Gasteiger partial charge on any atom is -0.480 e. The number of halogens is 2. The molecule has 1 atom stereocenters. The Kier molecular flexibility index (Phi) is 4.48. The highest BCUT2D eigenvalue weighted by atomic mass is 19.3. The zero-order valence-corrected chi connectivity index (χ0v) is 10.4. The van der Waals surface area contributed by atoms with Gasteiger partial charge in [0.1, 0.15) is 6.04 Å². The summed E-state index contributed by atoms with van der Waals surface area (Å²) in [7, 11) is 0. The minimum absolute atomic E-state index is 0.273. The zero-order valence-electron chi connectivity index (χ0n) is 10.4. The van der Waals surface area contributed by atoms with E-state index in [0.717, 1.165) is 4.90 Å². The molecule has 7 heteroatoms. The minimum atomic E-state index is -2.64. The van der Waals surface area contributed by atoms with Gasteiger partial charge in [0.2, 0.25) is 0 Å². The number of carbonyl (C=O) groups excluding carboxylic acids is 1. The molecular weight excluding hydrogens is 246 g/mol. The summed E-state index contributed by atoms with van der Waals surface area (Å²) in [6, 6.07) is -1.72. The lowest BCUT2D eigenvalue weighted by molar-refractivity contribution is -0.148. The van der Waals surface area contributed by atoms with Crippen molar-refractivity contribution >= 4 is 12.0 Å². The van der Waals surface area contributed by atoms with Crippen LogP contribution in [0.25, 0.3) is 0 Å². The third-order valence-corrected chi connectivity index (χ3v) is 3.17. The number of nitrogens with zero attached hydrogens (tertiary/aromatic N) is 1. The molecule has 104 valence electrons. The van der Waals surface area contributed by atoms with Crippen LogP contribution in [0.1, 0.15) is 26.7 Å². The fourth-order valence-electron chi connectivity index (χ4n) is 2.35. The highest BCUT2D eigenvalue weighted by Gasteiger charge is 2.44. The van der Waals surface area contributed by atoms with Crippen molar-refractivity contribution in [3.63, 3.8) is 0 Å². The second-order valence-corrected chi connectivity index (χ2v) is 5.10. The SMILES string of the molecule is CC1(C)CCCN(C(=O)NCC(F)F)C1C(=O)O. The van der Waals surface area contributed by atoms with Gasteiger partial charge in [-0.25, -0.2) is 18.4 Å². The molecule has 0 aromatic carbocycles. The first-order chi connectivity index (χ1) is 8.25. The highest BCUT2D eigenvalue weighted by Crippen LogP contribution is 2.35. The van der Waals surface area contributed by atoms with Gasteiger partial charge in [0.15, 0.2) is 0 Å². The fraction of sp³-hybridized carbons (Fsp3) is 0.818. The van der Waals surface area contributed by atoms with Crippen LogP contribution in [0.5, 0.6) is 0 Å². The summed E-state index contributed by atoms with van der Waals surface area (Å²) < 4.78 is 24.0. The Hall–Kier alpha value is -1.40. The highest BCUT2D eigenvalue weighted by molar-refractivity contribution is 5.83. The van der Waals surface area contributed by atoms with Crippen LogP contribution in [0.15, 0.2) is 0 Å². The number of aliphatic carboxylic acids is 1. The van der Waals surface area contributed by atoms with Crippen LogP contribution in [-0.4, -0.2) is 47.6 Å². The summed E-state index contributed by atoms with van der Waals surface area (Å²) in [6.07, 6.45) is -1.29. The summed E-state index contributed by atoms with van der Waals surface area (Å²) in [5, 5.41) is 11.2. The predicted molar refractivity (Wildman–Crippen MR) is 60.5 cm³/mol. The lowest BCUT2D eigenvalue weighted by atomic mass is 9.76. The number of alkyl halides is 2. The van der Waals surface area contributed by atoms with E-state index >= 15 is 0 Å². The van der Waals surface area contributed by atoms with Crippen molar-refractivity contribution in [1.82, 2.24) is 10.2 Å². The third kappa shape index (κ3) is 3.30. The maximum atomic E-state index is 12.0. The first kappa shape index (κ1) is 14.7. The maximum Gasteiger partial charge on any atom is 0.327 e. The van der Waals surface area contributed by atoms with Crippen molar-refractivity contribution in [2.75, 3.05) is 13.1 Å². The van der Waals surface area contributed by atoms with Gasteiger partial charge < -0.3 is 15.3 Å². The van der Waals surface area contributed by atoms with Gasteiger partial charge in [0.25, 0.3) is 6.43 Å². The standard InChI is InChI=1S/C11H18F2N2O3/c1-11(2)4-3-5-15(8(11)9(16)17)10(18)14-6-7(12)13/h7-8H,3-6H2,1-2H3,(H,14,18)(H,16,17). The van der Waals surface area contributed by atoms with Crippen molar-refractivity contribution < 1.29 is 23.5 Å². The van der Waals surface area contributed by atoms with Crippen LogP contribution in [0.4, 0.5) is 13.6 Å². The maximum absolute atomic E-state index is 12.0. The normalized spacial score (nSPS) is 22.9. The Labute approximate surface area is 104 Å². The monoisotopic (exact) mass is 264 g/mol. The molecule has 0 spiro atoms. The molecule has 5 nitrogen and oxygen atoms in total. The van der Waals surface area contributed by atoms with Gasteiger partial charge in [-0.3, -0.25) is 0 Å². The number of rotatable bonds is 3. The first-order valence-electron chi connectivity index (χ1n) is 5.81. The number of likely N-dealkylation sites (tertiary alicyclic amines) is 1. The van der Waals surface area contributed by atoms with Crippen molar-refractivity contribution in [3.05, 3.63) is 0 Å². The average molecular weight is 264 g/mol. The number of urea groups is 1. The molecular formula is C11H18F2N2O3. The molecule has 2 amide bonds. The molecule has 1 unspecified atom stereocenters. The van der Waals surface area contributed by atoms with Gasteiger partial charge in [0, 0.05) is 6.54 Å². The topological polar surface area (TPSA) is 69.6 Å². The number of nitrogens with one attached hydrogen (secondary N) is 1. The molecule has 0 aromatic rings. The van der Waals surface area contributed by atoms with E-state index in [0.29, 0.717) is 12.8 Å². The molecule has 1 fully saturated rings. The summed E-state index contributed by atoms with van der Waals surface area (Å²) in [6.45, 7) is 3.04. The van der Waals surface area contributed by atoms with E-state index in [1.54, 1.807) is 13.8 Å². The van der Waals surface area contributed by atoms with Gasteiger partial charge in [-0.2, -0.15) is 0 Å². The molecule has 0 saturated carbocycles. The largest absolute Gasteiger partial charge is 0.480 e. The molecule has 1 rings (SSSR count). The van der Waals surface area contributed by atoms with E-state index in [1.165, 1.54) is 0 Å². The number of amides is 2. The van der Waals surface area contributed by atoms with Crippen LogP contribution in [0, 0.1) is 5.41 Å². The van der Waals surface area contributed by atoms with E-state index in [9.17, 15) is 23.5 Å². The summed E-state index contributed by atoms with van der Waals surface area (Å²) in [5.74, 6) is -1.10. The zero-order chi connectivity index (χ0) is 13.9. The van der Waals surface area contributed by atoms with Gasteiger partial charge in [-0.1, -0.05) is 13.8 Å². The Morgan fingerprint density at radius 3 is 2.61 bits per heavy atom. The van der Waals surface area contributed by atoms with Crippen LogP contribution in [0.2, 0.25) is 0 Å². The Morgan fingerprint density at radius 1 is 1.50 bits per heavy atom. The van der Waals surface area contributed by atoms with Crippen LogP contribution >= 0.6 is 0 Å². The van der Waals surface area contributed by atoms with Crippen molar-refractivity contribution in [2.24, 2.45) is 5.41 Å². The molecule has 0 bridgehead atoms. The molecule has 1 aliphatic heterocycles. The van der Waals surface area contributed by atoms with Crippen molar-refractivity contribution in [3.8, 4) is 0 Å². The van der Waals surface area contributed by atoms with Gasteiger partial charge in [-0.05, 0) is 18.3 Å². The van der Waals surface area contributed by atoms with E-state index in [-0.39, 0.29) is 6.54 Å². The number of hydrogen-bond acceptors (Lipinski definition) is 2. The van der Waals surface area contributed by atoms with Crippen molar-refractivity contribution in [1.29, 1.82) is 0 Å². The van der Waals surface area contributed by atoms with Crippen LogP contribution < -0.4 is 5.32 Å². The molecule has 0 aromatic heterocycles. The lowest BCUT2D eigenvalue weighted by Crippen LogP contribution is -2.59. The molecule has 1 heterocycles. The Bertz CT molecular complexity index is 334. The van der Waals surface area contributed by atoms with E-state index in [2.05, 4.69) is 0 Å². The molecule has 1 saturated heterocycles. The molecule has 2 N–H and O–H groups in total. The second kappa shape index (κ2) is 5.49. The number of carboxylic acid groups (broad SMARTS) is 1. The number of carbonyl (C=O) groups is 2. The second-order valence-electron chi connectivity index (χ2n) is 5.10. The molecule has 0 radical (unpaired) electrons. The van der Waals surface area contributed by atoms with Crippen molar-refractivity contribution in [2.45, 2.75) is 39.2 Å². The number of piperidine rings is 1. The smallest absolute Gasteiger partial charge is 0.327 e. The van der Waals surface area contributed by atoms with E-state index in [1.807, 2.05) is 5.32 Å². The van der Waals surface area contributed by atoms with Crippen LogP contribution in [-0.2, 0) is 4.79 Å². The fourth-order valence-corrected chi connectivity index (χ4v) is 2.35. The lowest BCUT2D eigenvalue weighted by Gasteiger charge is -2.43. The van der Waals surface area contributed by atoms with E-state index < -0.39 is 36.4 Å². The van der Waals surface area contributed by atoms with Gasteiger partial charge in [0.05, 0.1) is 6.54 Å².